The van der Waals surface area contributed by atoms with Gasteiger partial charge in [-0.25, -0.2) is 8.42 Å². The van der Waals surface area contributed by atoms with Gasteiger partial charge < -0.3 is 19.8 Å². The molecule has 7 nitrogen and oxygen atoms in total. The molecule has 0 amide bonds. The van der Waals surface area contributed by atoms with Gasteiger partial charge in [-0.05, 0) is 13.5 Å². The van der Waals surface area contributed by atoms with Crippen LogP contribution in [-0.2, 0) is 19.4 Å². The van der Waals surface area contributed by atoms with Crippen molar-refractivity contribution >= 4 is 16.4 Å². The van der Waals surface area contributed by atoms with Gasteiger partial charge in [0.2, 0.25) is 10.4 Å². The second kappa shape index (κ2) is 25.3. The van der Waals surface area contributed by atoms with E-state index in [1.165, 1.54) is 44.9 Å². The van der Waals surface area contributed by atoms with E-state index in [1.54, 1.807) is 7.05 Å². The molecule has 0 bridgehead atoms. The number of carboxylic acids is 1. The second-order valence-corrected chi connectivity index (χ2v) is 6.37. The monoisotopic (exact) mass is 399 g/mol. The van der Waals surface area contributed by atoms with Gasteiger partial charge in [-0.1, -0.05) is 64.7 Å². The third kappa shape index (κ3) is 41.0. The summed E-state index contributed by atoms with van der Waals surface area (Å²) < 4.78 is 34.5. The molecule has 1 N–H and O–H groups in total. The Labute approximate surface area is 197 Å². The van der Waals surface area contributed by atoms with Crippen LogP contribution >= 0.6 is 0 Å². The van der Waals surface area contributed by atoms with Crippen molar-refractivity contribution in [3.8, 4) is 0 Å². The maximum absolute atomic E-state index is 10.1. The van der Waals surface area contributed by atoms with E-state index in [-0.39, 0.29) is 72.3 Å². The van der Waals surface area contributed by atoms with Crippen molar-refractivity contribution in [2.24, 2.45) is 0 Å². The summed E-state index contributed by atoms with van der Waals surface area (Å²) in [5, 5.41) is 11.8. The van der Waals surface area contributed by atoms with E-state index in [0.717, 1.165) is 12.8 Å². The van der Waals surface area contributed by atoms with Crippen molar-refractivity contribution in [3.05, 3.63) is 0 Å². The number of carbonyl (C=O) groups excluding carboxylic acids is 1. The summed E-state index contributed by atoms with van der Waals surface area (Å²) in [6, 6.07) is 0. The number of hydrogen-bond donors (Lipinski definition) is 1. The Morgan fingerprint density at radius 1 is 0.920 bits per heavy atom. The van der Waals surface area contributed by atoms with Gasteiger partial charge in [0.05, 0.1) is 12.6 Å². The quantitative estimate of drug-likeness (QED) is 0.135. The van der Waals surface area contributed by atoms with Crippen molar-refractivity contribution in [3.63, 3.8) is 0 Å². The van der Waals surface area contributed by atoms with Gasteiger partial charge in [0.1, 0.15) is 0 Å². The van der Waals surface area contributed by atoms with Crippen molar-refractivity contribution in [1.82, 2.24) is 5.32 Å². The van der Waals surface area contributed by atoms with E-state index in [1.807, 2.05) is 0 Å². The smallest absolute Gasteiger partial charge is 0.726 e. The van der Waals surface area contributed by atoms with Crippen LogP contribution < -0.4 is 69.5 Å². The van der Waals surface area contributed by atoms with Crippen molar-refractivity contribution < 1.29 is 86.2 Å². The number of carboxylic acid groups (broad SMARTS) is 1. The van der Waals surface area contributed by atoms with Crippen molar-refractivity contribution in [2.75, 3.05) is 20.2 Å². The van der Waals surface area contributed by atoms with E-state index in [9.17, 15) is 22.9 Å². The summed E-state index contributed by atoms with van der Waals surface area (Å²) in [6.07, 6.45) is 11.7. The molecule has 0 heterocycles. The summed E-state index contributed by atoms with van der Waals surface area (Å²) in [5.74, 6) is -1.07. The van der Waals surface area contributed by atoms with Gasteiger partial charge in [-0.15, -0.1) is 0 Å². The number of hydrogen-bond acceptors (Lipinski definition) is 7. The number of rotatable bonds is 14. The molecule has 0 spiro atoms. The molecule has 0 rings (SSSR count). The Hall–Kier alpha value is 1.30. The third-order valence-electron chi connectivity index (χ3n) is 3.05. The van der Waals surface area contributed by atoms with Crippen LogP contribution in [0.25, 0.3) is 0 Å². The average molecular weight is 399 g/mol. The Kier molecular flexibility index (Phi) is 34.3. The number of aliphatic carboxylic acids is 1. The summed E-state index contributed by atoms with van der Waals surface area (Å²) >= 11 is 0. The standard InChI is InChI=1S/C12H26O4S.C3H7NO2.2Na/c1-2-3-4-5-6-7-8-9-10-11-12-16-17(13,14)15;1-4-2-3(5)6;;/h2-12H2,1H3,(H,13,14,15);4H,2H2,1H3,(H,5,6);;/q;;2*+1/p-2. The molecule has 0 saturated carbocycles. The third-order valence-corrected chi connectivity index (χ3v) is 3.50. The molecule has 25 heavy (non-hydrogen) atoms. The van der Waals surface area contributed by atoms with E-state index in [4.69, 9.17) is 0 Å². The van der Waals surface area contributed by atoms with Crippen molar-refractivity contribution in [2.45, 2.75) is 71.1 Å². The average Bonchev–Trinajstić information content (AvgIpc) is 2.44. The predicted octanol–water partition coefficient (Wildman–Crippen LogP) is -4.65. The fourth-order valence-corrected chi connectivity index (χ4v) is 2.22. The Bertz CT molecular complexity index is 369. The first-order chi connectivity index (χ1) is 10.8. The van der Waals surface area contributed by atoms with Gasteiger partial charge >= 0.3 is 59.1 Å². The van der Waals surface area contributed by atoms with Crippen LogP contribution in [0.5, 0.6) is 0 Å². The van der Waals surface area contributed by atoms with E-state index in [0.29, 0.717) is 6.42 Å². The predicted molar refractivity (Wildman–Crippen MR) is 86.4 cm³/mol. The fraction of sp³-hybridized carbons (Fsp3) is 0.933. The summed E-state index contributed by atoms with van der Waals surface area (Å²) in [5.41, 5.74) is 0. The minimum atomic E-state index is -4.48. The first-order valence-electron chi connectivity index (χ1n) is 8.28. The van der Waals surface area contributed by atoms with Crippen LogP contribution in [-0.4, -0.2) is 39.1 Å². The minimum absolute atomic E-state index is 0. The van der Waals surface area contributed by atoms with Crippen molar-refractivity contribution in [1.29, 1.82) is 0 Å². The molecule has 0 aliphatic rings. The fourth-order valence-electron chi connectivity index (χ4n) is 1.89. The number of unbranched alkanes of at least 4 members (excludes halogenated alkanes) is 9. The molecule has 0 aromatic heterocycles. The molecule has 0 aromatic rings. The van der Waals surface area contributed by atoms with Crippen LogP contribution in [0, 0.1) is 0 Å². The van der Waals surface area contributed by atoms with Gasteiger partial charge in [0.25, 0.3) is 0 Å². The zero-order chi connectivity index (χ0) is 18.0. The number of likely N-dealkylation sites (N-methyl/N-ethyl adjacent to an activating group) is 1. The summed E-state index contributed by atoms with van der Waals surface area (Å²) in [4.78, 5) is 9.43. The SMILES string of the molecule is CCCCCCCCCCCCOS(=O)(=O)[O-].CNCC(=O)[O-].[Na+].[Na+]. The molecule has 0 saturated heterocycles. The van der Waals surface area contributed by atoms with Crippen LogP contribution in [0.3, 0.4) is 0 Å². The largest absolute Gasteiger partial charge is 1.00 e. The van der Waals surface area contributed by atoms with Gasteiger partial charge in [0, 0.05) is 6.54 Å². The Balaban J connectivity index is -0.000000238. The molecule has 10 heteroatoms. The van der Waals surface area contributed by atoms with Gasteiger partial charge in [0.15, 0.2) is 0 Å². The van der Waals surface area contributed by atoms with Crippen LogP contribution in [0.15, 0.2) is 0 Å². The molecule has 0 aliphatic heterocycles. The maximum Gasteiger partial charge on any atom is 1.00 e. The van der Waals surface area contributed by atoms with Gasteiger partial charge in [-0.3, -0.25) is 4.18 Å². The molecule has 0 atom stereocenters. The number of nitrogens with one attached hydrogen (secondary N) is 1. The number of carbonyl (C=O) groups is 1. The molecule has 0 radical (unpaired) electrons. The molecular weight excluding hydrogens is 368 g/mol. The summed E-state index contributed by atoms with van der Waals surface area (Å²) in [7, 11) is -2.93. The maximum atomic E-state index is 10.1. The molecule has 0 unspecified atom stereocenters. The zero-order valence-corrected chi connectivity index (χ0v) is 21.2. The second-order valence-electron chi connectivity index (χ2n) is 5.31. The molecular formula is C15H31NNa2O6S. The first kappa shape index (κ1) is 33.9. The molecule has 0 aromatic carbocycles. The van der Waals surface area contributed by atoms with E-state index < -0.39 is 16.4 Å². The Morgan fingerprint density at radius 3 is 1.60 bits per heavy atom. The molecule has 0 aliphatic carbocycles. The normalized spacial score (nSPS) is 10.0. The van der Waals surface area contributed by atoms with E-state index >= 15 is 0 Å². The van der Waals surface area contributed by atoms with Crippen LogP contribution in [0.1, 0.15) is 71.1 Å². The zero-order valence-electron chi connectivity index (χ0n) is 16.3. The first-order valence-corrected chi connectivity index (χ1v) is 9.61. The molecule has 140 valence electrons. The molecule has 0 fully saturated rings. The minimum Gasteiger partial charge on any atom is -0.726 e. The summed E-state index contributed by atoms with van der Waals surface area (Å²) in [6.45, 7) is 2.17. The topological polar surface area (TPSA) is 119 Å². The van der Waals surface area contributed by atoms with Crippen LogP contribution in [0.4, 0.5) is 0 Å². The van der Waals surface area contributed by atoms with Gasteiger partial charge in [-0.2, -0.15) is 0 Å². The van der Waals surface area contributed by atoms with E-state index in [2.05, 4.69) is 16.4 Å². The van der Waals surface area contributed by atoms with Crippen LogP contribution in [0.2, 0.25) is 0 Å². The Morgan fingerprint density at radius 2 is 1.32 bits per heavy atom.